The Morgan fingerprint density at radius 2 is 1.89 bits per heavy atom. The van der Waals surface area contributed by atoms with Gasteiger partial charge in [0.15, 0.2) is 0 Å². The molecule has 1 N–H and O–H groups in total. The Kier molecular flexibility index (Phi) is 5.99. The number of aryl methyl sites for hydroxylation is 1. The lowest BCUT2D eigenvalue weighted by Crippen LogP contribution is -2.41. The van der Waals surface area contributed by atoms with Crippen LogP contribution in [0.2, 0.25) is 0 Å². The fraction of sp³-hybridized carbons (Fsp3) is 0.304. The smallest absolute Gasteiger partial charge is 0.245 e. The summed E-state index contributed by atoms with van der Waals surface area (Å²) < 4.78 is 14.0. The van der Waals surface area contributed by atoms with Crippen molar-refractivity contribution in [3.63, 3.8) is 0 Å². The van der Waals surface area contributed by atoms with Crippen LogP contribution in [0.15, 0.2) is 54.7 Å². The van der Waals surface area contributed by atoms with Crippen molar-refractivity contribution in [2.75, 3.05) is 5.32 Å². The maximum Gasteiger partial charge on any atom is 0.245 e. The Morgan fingerprint density at radius 3 is 2.57 bits per heavy atom. The number of rotatable bonds is 6. The van der Waals surface area contributed by atoms with Crippen LogP contribution in [0, 0.1) is 18.7 Å². The lowest BCUT2D eigenvalue weighted by Gasteiger charge is -2.28. The zero-order valence-corrected chi connectivity index (χ0v) is 17.1. The van der Waals surface area contributed by atoms with E-state index in [1.54, 1.807) is 12.1 Å². The Bertz CT molecular complexity index is 991. The number of benzene rings is 2. The number of carbonyl (C=O) groups excluding carboxylic acids is 1. The summed E-state index contributed by atoms with van der Waals surface area (Å²) in [7, 11) is 0. The third-order valence-corrected chi connectivity index (χ3v) is 5.29. The highest BCUT2D eigenvalue weighted by Crippen LogP contribution is 2.32. The first kappa shape index (κ1) is 20.3. The molecule has 0 bridgehead atoms. The standard InChI is InChI=1S/C23H24ClFN2O/c1-15(2)12-23(24,13-17-8-5-4-6-9-17)22(28)27-20-14-26-21-18(16(20)3)10-7-11-19(21)25/h4-11,14-15H,12-13H2,1-3H3,(H,27,28). The summed E-state index contributed by atoms with van der Waals surface area (Å²) in [5, 5.41) is 3.60. The van der Waals surface area contributed by atoms with E-state index >= 15 is 0 Å². The lowest BCUT2D eigenvalue weighted by atomic mass is 9.89. The van der Waals surface area contributed by atoms with E-state index < -0.39 is 4.87 Å². The Morgan fingerprint density at radius 1 is 1.18 bits per heavy atom. The average molecular weight is 399 g/mol. The third kappa shape index (κ3) is 4.33. The Balaban J connectivity index is 1.91. The van der Waals surface area contributed by atoms with Gasteiger partial charge in [-0.15, -0.1) is 11.6 Å². The van der Waals surface area contributed by atoms with Gasteiger partial charge in [-0.2, -0.15) is 0 Å². The first-order valence-electron chi connectivity index (χ1n) is 9.38. The molecule has 0 aliphatic carbocycles. The van der Waals surface area contributed by atoms with Gasteiger partial charge < -0.3 is 5.32 Å². The number of carbonyl (C=O) groups is 1. The number of nitrogens with one attached hydrogen (secondary N) is 1. The van der Waals surface area contributed by atoms with E-state index in [0.717, 1.165) is 11.1 Å². The molecule has 2 aromatic carbocycles. The average Bonchev–Trinajstić information content (AvgIpc) is 2.64. The van der Waals surface area contributed by atoms with Crippen LogP contribution in [0.4, 0.5) is 10.1 Å². The molecule has 0 saturated heterocycles. The van der Waals surface area contributed by atoms with Gasteiger partial charge in [-0.05, 0) is 36.5 Å². The maximum atomic E-state index is 14.0. The van der Waals surface area contributed by atoms with Crippen molar-refractivity contribution in [3.8, 4) is 0 Å². The van der Waals surface area contributed by atoms with Crippen molar-refractivity contribution < 1.29 is 9.18 Å². The molecule has 0 fully saturated rings. The molecule has 0 aliphatic heterocycles. The normalized spacial score (nSPS) is 13.5. The minimum atomic E-state index is -1.08. The van der Waals surface area contributed by atoms with Gasteiger partial charge >= 0.3 is 0 Å². The molecule has 3 aromatic rings. The molecule has 3 nitrogen and oxygen atoms in total. The van der Waals surface area contributed by atoms with Crippen molar-refractivity contribution >= 4 is 34.1 Å². The van der Waals surface area contributed by atoms with Crippen LogP contribution in [0.25, 0.3) is 10.9 Å². The van der Waals surface area contributed by atoms with E-state index in [-0.39, 0.29) is 17.6 Å². The SMILES string of the molecule is Cc1c(NC(=O)C(Cl)(Cc2ccccc2)CC(C)C)cnc2c(F)cccc12. The quantitative estimate of drug-likeness (QED) is 0.526. The zero-order valence-electron chi connectivity index (χ0n) is 16.3. The first-order chi connectivity index (χ1) is 13.3. The van der Waals surface area contributed by atoms with Crippen LogP contribution in [0.5, 0.6) is 0 Å². The van der Waals surface area contributed by atoms with Crippen molar-refractivity contribution in [2.24, 2.45) is 5.92 Å². The third-order valence-electron chi connectivity index (χ3n) is 4.83. The Hall–Kier alpha value is -2.46. The first-order valence-corrected chi connectivity index (χ1v) is 9.76. The fourth-order valence-electron chi connectivity index (χ4n) is 3.49. The largest absolute Gasteiger partial charge is 0.323 e. The number of nitrogens with zero attached hydrogens (tertiary/aromatic N) is 1. The number of amides is 1. The number of hydrogen-bond donors (Lipinski definition) is 1. The highest BCUT2D eigenvalue weighted by atomic mass is 35.5. The molecule has 0 saturated carbocycles. The molecular formula is C23H24ClFN2O. The van der Waals surface area contributed by atoms with Crippen molar-refractivity contribution in [2.45, 2.75) is 38.5 Å². The number of pyridine rings is 1. The predicted octanol–water partition coefficient (Wildman–Crippen LogP) is 5.89. The van der Waals surface area contributed by atoms with Crippen LogP contribution < -0.4 is 5.32 Å². The molecule has 1 atom stereocenters. The summed E-state index contributed by atoms with van der Waals surface area (Å²) in [6.45, 7) is 5.93. The van der Waals surface area contributed by atoms with Gasteiger partial charge in [0.25, 0.3) is 0 Å². The van der Waals surface area contributed by atoms with E-state index in [1.807, 2.05) is 51.1 Å². The highest BCUT2D eigenvalue weighted by Gasteiger charge is 2.37. The van der Waals surface area contributed by atoms with Gasteiger partial charge in [0.1, 0.15) is 16.2 Å². The number of fused-ring (bicyclic) bond motifs is 1. The summed E-state index contributed by atoms with van der Waals surface area (Å²) in [4.78, 5) is 16.3. The van der Waals surface area contributed by atoms with Gasteiger partial charge in [-0.3, -0.25) is 9.78 Å². The molecular weight excluding hydrogens is 375 g/mol. The van der Waals surface area contributed by atoms with E-state index in [2.05, 4.69) is 10.3 Å². The lowest BCUT2D eigenvalue weighted by molar-refractivity contribution is -0.119. The molecule has 28 heavy (non-hydrogen) atoms. The summed E-state index contributed by atoms with van der Waals surface area (Å²) >= 11 is 6.87. The zero-order chi connectivity index (χ0) is 20.3. The monoisotopic (exact) mass is 398 g/mol. The molecule has 0 radical (unpaired) electrons. The van der Waals surface area contributed by atoms with Crippen molar-refractivity contribution in [1.29, 1.82) is 0 Å². The maximum absolute atomic E-state index is 14.0. The summed E-state index contributed by atoms with van der Waals surface area (Å²) in [6.07, 6.45) is 2.45. The van der Waals surface area contributed by atoms with Gasteiger partial charge in [-0.25, -0.2) is 4.39 Å². The highest BCUT2D eigenvalue weighted by molar-refractivity contribution is 6.36. The van der Waals surface area contributed by atoms with E-state index in [0.29, 0.717) is 29.4 Å². The fourth-order valence-corrected chi connectivity index (χ4v) is 4.00. The molecule has 3 rings (SSSR count). The van der Waals surface area contributed by atoms with Gasteiger partial charge in [0.05, 0.1) is 11.9 Å². The van der Waals surface area contributed by atoms with Gasteiger partial charge in [0, 0.05) is 11.8 Å². The predicted molar refractivity (Wildman–Crippen MR) is 113 cm³/mol. The van der Waals surface area contributed by atoms with Crippen LogP contribution >= 0.6 is 11.6 Å². The second-order valence-electron chi connectivity index (χ2n) is 7.61. The second kappa shape index (κ2) is 8.27. The molecule has 1 unspecified atom stereocenters. The van der Waals surface area contributed by atoms with Crippen molar-refractivity contribution in [3.05, 3.63) is 71.7 Å². The van der Waals surface area contributed by atoms with Crippen molar-refractivity contribution in [1.82, 2.24) is 4.98 Å². The van der Waals surface area contributed by atoms with Gasteiger partial charge in [-0.1, -0.05) is 56.3 Å². The number of alkyl halides is 1. The molecule has 146 valence electrons. The molecule has 1 heterocycles. The number of para-hydroxylation sites is 1. The van der Waals surface area contributed by atoms with Crippen LogP contribution in [-0.4, -0.2) is 15.8 Å². The number of anilines is 1. The van der Waals surface area contributed by atoms with Crippen LogP contribution in [0.3, 0.4) is 0 Å². The summed E-state index contributed by atoms with van der Waals surface area (Å²) in [5.41, 5.74) is 2.61. The molecule has 0 aliphatic rings. The van der Waals surface area contributed by atoms with E-state index in [1.165, 1.54) is 12.3 Å². The van der Waals surface area contributed by atoms with E-state index in [4.69, 9.17) is 11.6 Å². The molecule has 0 spiro atoms. The van der Waals surface area contributed by atoms with E-state index in [9.17, 15) is 9.18 Å². The number of hydrogen-bond acceptors (Lipinski definition) is 2. The molecule has 1 aromatic heterocycles. The minimum Gasteiger partial charge on any atom is -0.323 e. The minimum absolute atomic E-state index is 0.247. The topological polar surface area (TPSA) is 42.0 Å². The summed E-state index contributed by atoms with van der Waals surface area (Å²) in [6, 6.07) is 14.6. The summed E-state index contributed by atoms with van der Waals surface area (Å²) in [5.74, 6) is -0.404. The Labute approximate surface area is 169 Å². The number of aromatic nitrogens is 1. The van der Waals surface area contributed by atoms with Crippen LogP contribution in [-0.2, 0) is 11.2 Å². The molecule has 5 heteroatoms. The van der Waals surface area contributed by atoms with Crippen LogP contribution in [0.1, 0.15) is 31.4 Å². The number of halogens is 2. The molecule has 1 amide bonds. The van der Waals surface area contributed by atoms with Gasteiger partial charge in [0.2, 0.25) is 5.91 Å². The second-order valence-corrected chi connectivity index (χ2v) is 8.34.